The molecule has 0 saturated heterocycles. The lowest BCUT2D eigenvalue weighted by atomic mass is 10.3. The fourth-order valence-electron chi connectivity index (χ4n) is 1.33. The third kappa shape index (κ3) is 3.63. The molecule has 1 N–H and O–H groups in total. The highest BCUT2D eigenvalue weighted by molar-refractivity contribution is 7.98. The van der Waals surface area contributed by atoms with Crippen molar-refractivity contribution in [3.05, 3.63) is 39.2 Å². The molecule has 2 rings (SSSR count). The SMILES string of the molecule is CSc1nc(Cl)cc(Nc2cc(Cl)c(F)c(Cl)c2)n1. The quantitative estimate of drug-likeness (QED) is 0.368. The number of nitrogens with zero attached hydrogens (tertiary/aromatic N) is 2. The lowest BCUT2D eigenvalue weighted by Crippen LogP contribution is -1.97. The molecule has 1 aromatic heterocycles. The van der Waals surface area contributed by atoms with Gasteiger partial charge >= 0.3 is 0 Å². The van der Waals surface area contributed by atoms with E-state index in [1.54, 1.807) is 6.07 Å². The van der Waals surface area contributed by atoms with E-state index in [1.807, 2.05) is 6.26 Å². The van der Waals surface area contributed by atoms with Crippen molar-refractivity contribution in [3.8, 4) is 0 Å². The normalized spacial score (nSPS) is 10.6. The van der Waals surface area contributed by atoms with Crippen LogP contribution in [0.4, 0.5) is 15.9 Å². The first-order valence-corrected chi connectivity index (χ1v) is 7.35. The van der Waals surface area contributed by atoms with E-state index in [1.165, 1.54) is 23.9 Å². The predicted octanol–water partition coefficient (Wildman–Crippen LogP) is 5.04. The van der Waals surface area contributed by atoms with Crippen LogP contribution < -0.4 is 5.32 Å². The monoisotopic (exact) mass is 337 g/mol. The van der Waals surface area contributed by atoms with Gasteiger partial charge in [0.05, 0.1) is 10.0 Å². The van der Waals surface area contributed by atoms with E-state index in [0.717, 1.165) is 0 Å². The molecule has 1 heterocycles. The molecular formula is C11H7Cl3FN3S. The van der Waals surface area contributed by atoms with Crippen molar-refractivity contribution in [2.45, 2.75) is 5.16 Å². The van der Waals surface area contributed by atoms with Crippen LogP contribution in [0, 0.1) is 5.82 Å². The summed E-state index contributed by atoms with van der Waals surface area (Å²) in [6.07, 6.45) is 1.83. The Morgan fingerprint density at radius 3 is 2.32 bits per heavy atom. The maximum atomic E-state index is 13.3. The summed E-state index contributed by atoms with van der Waals surface area (Å²) in [6, 6.07) is 4.38. The molecule has 0 fully saturated rings. The number of hydrogen-bond acceptors (Lipinski definition) is 4. The van der Waals surface area contributed by atoms with Crippen LogP contribution in [-0.2, 0) is 0 Å². The highest BCUT2D eigenvalue weighted by Gasteiger charge is 2.09. The Balaban J connectivity index is 2.33. The number of anilines is 2. The Morgan fingerprint density at radius 2 is 1.74 bits per heavy atom. The number of nitrogens with one attached hydrogen (secondary N) is 1. The van der Waals surface area contributed by atoms with Gasteiger partial charge in [0.1, 0.15) is 11.0 Å². The summed E-state index contributed by atoms with van der Waals surface area (Å²) in [5.41, 5.74) is 0.512. The largest absolute Gasteiger partial charge is 0.340 e. The van der Waals surface area contributed by atoms with Crippen LogP contribution in [0.1, 0.15) is 0 Å². The summed E-state index contributed by atoms with van der Waals surface area (Å²) in [5.74, 6) is -0.178. The van der Waals surface area contributed by atoms with E-state index < -0.39 is 5.82 Å². The third-order valence-corrected chi connectivity index (χ3v) is 3.40. The molecule has 0 spiro atoms. The zero-order valence-corrected chi connectivity index (χ0v) is 12.6. The van der Waals surface area contributed by atoms with Crippen molar-refractivity contribution in [3.63, 3.8) is 0 Å². The van der Waals surface area contributed by atoms with Crippen molar-refractivity contribution in [1.82, 2.24) is 9.97 Å². The number of hydrogen-bond donors (Lipinski definition) is 1. The first kappa shape index (κ1) is 14.7. The van der Waals surface area contributed by atoms with E-state index >= 15 is 0 Å². The zero-order chi connectivity index (χ0) is 14.0. The van der Waals surface area contributed by atoms with Gasteiger partial charge in [0.2, 0.25) is 0 Å². The second kappa shape index (κ2) is 6.13. The van der Waals surface area contributed by atoms with Crippen molar-refractivity contribution < 1.29 is 4.39 Å². The summed E-state index contributed by atoms with van der Waals surface area (Å²) < 4.78 is 13.3. The minimum Gasteiger partial charge on any atom is -0.340 e. The van der Waals surface area contributed by atoms with E-state index in [4.69, 9.17) is 34.8 Å². The maximum Gasteiger partial charge on any atom is 0.190 e. The van der Waals surface area contributed by atoms with Crippen LogP contribution in [0.25, 0.3) is 0 Å². The Labute approximate surface area is 128 Å². The lowest BCUT2D eigenvalue weighted by Gasteiger charge is -2.08. The molecular weight excluding hydrogens is 332 g/mol. The first-order valence-electron chi connectivity index (χ1n) is 4.99. The second-order valence-electron chi connectivity index (χ2n) is 3.44. The molecule has 19 heavy (non-hydrogen) atoms. The molecule has 0 bridgehead atoms. The van der Waals surface area contributed by atoms with Gasteiger partial charge in [-0.2, -0.15) is 0 Å². The molecule has 1 aromatic carbocycles. The van der Waals surface area contributed by atoms with E-state index in [9.17, 15) is 4.39 Å². The van der Waals surface area contributed by atoms with Crippen LogP contribution in [0.5, 0.6) is 0 Å². The summed E-state index contributed by atoms with van der Waals surface area (Å²) in [6.45, 7) is 0. The summed E-state index contributed by atoms with van der Waals surface area (Å²) in [4.78, 5) is 8.21. The van der Waals surface area contributed by atoms with E-state index in [-0.39, 0.29) is 10.0 Å². The third-order valence-electron chi connectivity index (χ3n) is 2.11. The molecule has 0 saturated carbocycles. The van der Waals surface area contributed by atoms with Gasteiger partial charge < -0.3 is 5.32 Å². The van der Waals surface area contributed by atoms with Gasteiger partial charge in [-0.1, -0.05) is 46.6 Å². The maximum absolute atomic E-state index is 13.3. The average Bonchev–Trinajstić information content (AvgIpc) is 2.35. The minimum atomic E-state index is -0.653. The lowest BCUT2D eigenvalue weighted by molar-refractivity contribution is 0.629. The van der Waals surface area contributed by atoms with Crippen molar-refractivity contribution >= 4 is 58.1 Å². The molecule has 3 nitrogen and oxygen atoms in total. The smallest absolute Gasteiger partial charge is 0.190 e. The standard InChI is InChI=1S/C11H7Cl3FN3S/c1-19-11-17-8(14)4-9(18-11)16-5-2-6(12)10(15)7(13)3-5/h2-4H,1H3,(H,16,17,18). The van der Waals surface area contributed by atoms with Gasteiger partial charge in [-0.25, -0.2) is 14.4 Å². The second-order valence-corrected chi connectivity index (χ2v) is 5.42. The molecule has 0 aliphatic rings. The summed E-state index contributed by atoms with van der Waals surface area (Å²) in [5, 5.41) is 3.63. The predicted molar refractivity (Wildman–Crippen MR) is 78.5 cm³/mol. The van der Waals surface area contributed by atoms with Crippen molar-refractivity contribution in [1.29, 1.82) is 0 Å². The molecule has 0 amide bonds. The Bertz CT molecular complexity index is 601. The number of halogens is 4. The fourth-order valence-corrected chi connectivity index (χ4v) is 2.43. The van der Waals surface area contributed by atoms with Gasteiger partial charge in [0.25, 0.3) is 0 Å². The molecule has 100 valence electrons. The van der Waals surface area contributed by atoms with Crippen molar-refractivity contribution in [2.24, 2.45) is 0 Å². The highest BCUT2D eigenvalue weighted by Crippen LogP contribution is 2.29. The zero-order valence-electron chi connectivity index (χ0n) is 9.55. The van der Waals surface area contributed by atoms with Crippen LogP contribution >= 0.6 is 46.6 Å². The Morgan fingerprint density at radius 1 is 1.11 bits per heavy atom. The van der Waals surface area contributed by atoms with Gasteiger partial charge in [-0.15, -0.1) is 0 Å². The molecule has 0 aliphatic carbocycles. The fraction of sp³-hybridized carbons (Fsp3) is 0.0909. The topological polar surface area (TPSA) is 37.8 Å². The number of rotatable bonds is 3. The average molecular weight is 339 g/mol. The number of aromatic nitrogens is 2. The van der Waals surface area contributed by atoms with E-state index in [0.29, 0.717) is 21.8 Å². The van der Waals surface area contributed by atoms with Gasteiger partial charge in [0.15, 0.2) is 11.0 Å². The number of thioether (sulfide) groups is 1. The Hall–Kier alpha value is -0.750. The minimum absolute atomic E-state index is 0.0692. The van der Waals surface area contributed by atoms with Crippen LogP contribution in [0.2, 0.25) is 15.2 Å². The molecule has 0 unspecified atom stereocenters. The van der Waals surface area contributed by atoms with Crippen LogP contribution in [-0.4, -0.2) is 16.2 Å². The first-order chi connectivity index (χ1) is 8.99. The molecule has 0 aliphatic heterocycles. The summed E-state index contributed by atoms with van der Waals surface area (Å²) >= 11 is 18.6. The van der Waals surface area contributed by atoms with Gasteiger partial charge in [0, 0.05) is 11.8 Å². The molecule has 2 aromatic rings. The molecule has 0 atom stereocenters. The number of benzene rings is 1. The van der Waals surface area contributed by atoms with Crippen molar-refractivity contribution in [2.75, 3.05) is 11.6 Å². The van der Waals surface area contributed by atoms with Gasteiger partial charge in [-0.3, -0.25) is 0 Å². The Kier molecular flexibility index (Phi) is 4.73. The molecule has 8 heteroatoms. The van der Waals surface area contributed by atoms with Crippen LogP contribution in [0.15, 0.2) is 23.4 Å². The van der Waals surface area contributed by atoms with Gasteiger partial charge in [-0.05, 0) is 18.4 Å². The van der Waals surface area contributed by atoms with E-state index in [2.05, 4.69) is 15.3 Å². The summed E-state index contributed by atoms with van der Waals surface area (Å²) in [7, 11) is 0. The highest BCUT2D eigenvalue weighted by atomic mass is 35.5. The molecule has 0 radical (unpaired) electrons. The van der Waals surface area contributed by atoms with Crippen LogP contribution in [0.3, 0.4) is 0 Å².